The Bertz CT molecular complexity index is 188. The Morgan fingerprint density at radius 3 is 2.70 bits per heavy atom. The molecule has 0 fully saturated rings. The maximum atomic E-state index is 4.09. The molecule has 0 saturated carbocycles. The zero-order chi connectivity index (χ0) is 6.69. The fourth-order valence-electron chi connectivity index (χ4n) is 0.773. The number of imidazole rings is 1. The summed E-state index contributed by atoms with van der Waals surface area (Å²) < 4.78 is 3.85. The third kappa shape index (κ3) is 2.92. The van der Waals surface area contributed by atoms with Crippen LogP contribution in [-0.2, 0) is 6.54 Å². The summed E-state index contributed by atoms with van der Waals surface area (Å²) in [6.45, 7) is 3.23. The van der Waals surface area contributed by atoms with Gasteiger partial charge in [0.25, 0.3) is 6.33 Å². The SMILES string of the molecule is CCC[n+]1ccn(S)c1.[I-]. The van der Waals surface area contributed by atoms with Gasteiger partial charge < -0.3 is 24.0 Å². The molecule has 58 valence electrons. The van der Waals surface area contributed by atoms with Gasteiger partial charge in [-0.05, 0) is 6.42 Å². The molecule has 0 unspecified atom stereocenters. The summed E-state index contributed by atoms with van der Waals surface area (Å²) in [6, 6.07) is 0. The molecule has 0 aromatic carbocycles. The van der Waals surface area contributed by atoms with Crippen LogP contribution in [0, 0.1) is 0 Å². The quantitative estimate of drug-likeness (QED) is 0.357. The predicted molar refractivity (Wildman–Crippen MR) is 39.3 cm³/mol. The second-order valence-corrected chi connectivity index (χ2v) is 2.49. The van der Waals surface area contributed by atoms with Gasteiger partial charge in [-0.3, -0.25) is 0 Å². The van der Waals surface area contributed by atoms with Crippen molar-refractivity contribution in [3.63, 3.8) is 0 Å². The molecule has 0 bridgehead atoms. The third-order valence-electron chi connectivity index (χ3n) is 1.16. The number of rotatable bonds is 2. The van der Waals surface area contributed by atoms with Gasteiger partial charge >= 0.3 is 0 Å². The minimum Gasteiger partial charge on any atom is -1.00 e. The highest BCUT2D eigenvalue weighted by molar-refractivity contribution is 7.78. The van der Waals surface area contributed by atoms with Gasteiger partial charge in [0.2, 0.25) is 0 Å². The van der Waals surface area contributed by atoms with Crippen LogP contribution < -0.4 is 28.5 Å². The molecule has 1 rings (SSSR count). The summed E-state index contributed by atoms with van der Waals surface area (Å²) in [7, 11) is 0. The summed E-state index contributed by atoms with van der Waals surface area (Å²) in [5.41, 5.74) is 0. The van der Waals surface area contributed by atoms with E-state index in [9.17, 15) is 0 Å². The highest BCUT2D eigenvalue weighted by atomic mass is 127. The standard InChI is InChI=1S/C6H11N2S.HI/c1-2-3-7-4-5-8(9)6-7;/h4-6,9H,2-3H2,1H3;1H/q+1;/p-1. The van der Waals surface area contributed by atoms with Gasteiger partial charge in [-0.15, -0.1) is 0 Å². The lowest BCUT2D eigenvalue weighted by atomic mass is 10.5. The zero-order valence-corrected chi connectivity index (χ0v) is 8.92. The molecular weight excluding hydrogens is 259 g/mol. The molecule has 10 heavy (non-hydrogen) atoms. The minimum absolute atomic E-state index is 0. The molecule has 0 amide bonds. The highest BCUT2D eigenvalue weighted by Gasteiger charge is 1.95. The van der Waals surface area contributed by atoms with E-state index in [1.807, 2.05) is 18.7 Å². The van der Waals surface area contributed by atoms with E-state index in [-0.39, 0.29) is 24.0 Å². The molecule has 0 radical (unpaired) electrons. The van der Waals surface area contributed by atoms with Crippen LogP contribution in [0.3, 0.4) is 0 Å². The smallest absolute Gasteiger partial charge is 0.255 e. The van der Waals surface area contributed by atoms with Crippen LogP contribution >= 0.6 is 12.8 Å². The Hall–Kier alpha value is 0.290. The van der Waals surface area contributed by atoms with Crippen molar-refractivity contribution in [2.24, 2.45) is 0 Å². The van der Waals surface area contributed by atoms with Crippen molar-refractivity contribution >= 4 is 12.8 Å². The second-order valence-electron chi connectivity index (χ2n) is 2.03. The number of hydrogen-bond donors (Lipinski definition) is 1. The van der Waals surface area contributed by atoms with Crippen LogP contribution in [0.15, 0.2) is 18.7 Å². The molecule has 1 heterocycles. The van der Waals surface area contributed by atoms with E-state index >= 15 is 0 Å². The minimum atomic E-state index is 0. The Kier molecular flexibility index (Phi) is 5.15. The van der Waals surface area contributed by atoms with Crippen LogP contribution in [0.5, 0.6) is 0 Å². The highest BCUT2D eigenvalue weighted by Crippen LogP contribution is 1.84. The Balaban J connectivity index is 0.000000810. The van der Waals surface area contributed by atoms with Crippen LogP contribution in [0.4, 0.5) is 0 Å². The molecule has 0 aliphatic carbocycles. The van der Waals surface area contributed by atoms with Gasteiger partial charge in [-0.25, -0.2) is 4.57 Å². The van der Waals surface area contributed by atoms with Crippen molar-refractivity contribution in [2.45, 2.75) is 19.9 Å². The molecule has 0 aliphatic heterocycles. The van der Waals surface area contributed by atoms with Gasteiger partial charge in [0.1, 0.15) is 12.4 Å². The number of aromatic nitrogens is 2. The van der Waals surface area contributed by atoms with Gasteiger partial charge in [0.15, 0.2) is 0 Å². The Labute approximate surface area is 83.8 Å². The third-order valence-corrected chi connectivity index (χ3v) is 1.40. The first-order chi connectivity index (χ1) is 4.33. The Morgan fingerprint density at radius 1 is 1.60 bits per heavy atom. The van der Waals surface area contributed by atoms with Crippen LogP contribution in [-0.4, -0.2) is 3.97 Å². The molecule has 1 aromatic rings. The largest absolute Gasteiger partial charge is 1.00 e. The van der Waals surface area contributed by atoms with E-state index in [0.29, 0.717) is 0 Å². The lowest BCUT2D eigenvalue weighted by molar-refractivity contribution is -0.695. The first kappa shape index (κ1) is 10.3. The molecule has 0 saturated heterocycles. The van der Waals surface area contributed by atoms with Crippen LogP contribution in [0.25, 0.3) is 0 Å². The van der Waals surface area contributed by atoms with E-state index in [4.69, 9.17) is 0 Å². The first-order valence-corrected chi connectivity index (χ1v) is 3.49. The lowest BCUT2D eigenvalue weighted by Crippen LogP contribution is -3.00. The fraction of sp³-hybridized carbons (Fsp3) is 0.500. The van der Waals surface area contributed by atoms with Gasteiger partial charge in [0.05, 0.1) is 6.54 Å². The lowest BCUT2D eigenvalue weighted by Gasteiger charge is -1.86. The normalized spacial score (nSPS) is 9.00. The molecule has 2 nitrogen and oxygen atoms in total. The fourth-order valence-corrected chi connectivity index (χ4v) is 0.966. The average molecular weight is 270 g/mol. The number of nitrogens with zero attached hydrogens (tertiary/aromatic N) is 2. The van der Waals surface area contributed by atoms with Crippen molar-refractivity contribution in [1.82, 2.24) is 3.97 Å². The monoisotopic (exact) mass is 270 g/mol. The average Bonchev–Trinajstić information content (AvgIpc) is 2.17. The molecule has 1 aromatic heterocycles. The number of halogens is 1. The number of aryl methyl sites for hydroxylation is 1. The van der Waals surface area contributed by atoms with Gasteiger partial charge in [-0.2, -0.15) is 3.97 Å². The predicted octanol–water partition coefficient (Wildman–Crippen LogP) is -2.12. The molecule has 0 N–H and O–H groups in total. The molecule has 4 heteroatoms. The summed E-state index contributed by atoms with van der Waals surface area (Å²) in [5.74, 6) is 0. The first-order valence-electron chi connectivity index (χ1n) is 3.09. The van der Waals surface area contributed by atoms with E-state index in [1.54, 1.807) is 3.97 Å². The summed E-state index contributed by atoms with van der Waals surface area (Å²) >= 11 is 4.09. The van der Waals surface area contributed by atoms with E-state index in [0.717, 1.165) is 6.54 Å². The summed E-state index contributed by atoms with van der Waals surface area (Å²) in [4.78, 5) is 0. The van der Waals surface area contributed by atoms with E-state index < -0.39 is 0 Å². The van der Waals surface area contributed by atoms with E-state index in [2.05, 4.69) is 24.3 Å². The van der Waals surface area contributed by atoms with Crippen molar-refractivity contribution in [3.8, 4) is 0 Å². The van der Waals surface area contributed by atoms with Crippen molar-refractivity contribution in [1.29, 1.82) is 0 Å². The molecular formula is C6H11IN2S. The summed E-state index contributed by atoms with van der Waals surface area (Å²) in [5, 5.41) is 0. The maximum Gasteiger partial charge on any atom is 0.255 e. The Morgan fingerprint density at radius 2 is 2.30 bits per heavy atom. The topological polar surface area (TPSA) is 8.81 Å². The van der Waals surface area contributed by atoms with Crippen LogP contribution in [0.2, 0.25) is 0 Å². The maximum absolute atomic E-state index is 4.09. The second kappa shape index (κ2) is 5.01. The van der Waals surface area contributed by atoms with Crippen LogP contribution in [0.1, 0.15) is 13.3 Å². The number of hydrogen-bond acceptors (Lipinski definition) is 1. The van der Waals surface area contributed by atoms with Crippen molar-refractivity contribution < 1.29 is 28.5 Å². The van der Waals surface area contributed by atoms with Gasteiger partial charge in [-0.1, -0.05) is 6.92 Å². The zero-order valence-electron chi connectivity index (χ0n) is 5.87. The molecule has 0 spiro atoms. The van der Waals surface area contributed by atoms with E-state index in [1.165, 1.54) is 6.42 Å². The molecule has 0 aliphatic rings. The number of thiol groups is 1. The molecule has 0 atom stereocenters. The van der Waals surface area contributed by atoms with Crippen molar-refractivity contribution in [3.05, 3.63) is 18.7 Å². The summed E-state index contributed by atoms with van der Waals surface area (Å²) in [6.07, 6.45) is 7.05. The van der Waals surface area contributed by atoms with Crippen molar-refractivity contribution in [2.75, 3.05) is 0 Å². The van der Waals surface area contributed by atoms with Gasteiger partial charge in [0, 0.05) is 12.8 Å².